The fourth-order valence-electron chi connectivity index (χ4n) is 1.46. The highest BCUT2D eigenvalue weighted by Gasteiger charge is 2.24. The fraction of sp³-hybridized carbons (Fsp3) is 0.417. The van der Waals surface area contributed by atoms with Crippen molar-refractivity contribution in [2.24, 2.45) is 0 Å². The molecule has 0 aliphatic carbocycles. The molecule has 1 amide bonds. The summed E-state index contributed by atoms with van der Waals surface area (Å²) >= 11 is 4.62. The third-order valence-electron chi connectivity index (χ3n) is 2.48. The Balaban J connectivity index is 2.80. The highest BCUT2D eigenvalue weighted by atomic mass is 32.1. The molecule has 0 aliphatic heterocycles. The summed E-state index contributed by atoms with van der Waals surface area (Å²) in [7, 11) is 1.79. The second-order valence-corrected chi connectivity index (χ2v) is 5.00. The fourth-order valence-corrected chi connectivity index (χ4v) is 1.82. The molecule has 0 aromatic heterocycles. The van der Waals surface area contributed by atoms with Gasteiger partial charge in [0.1, 0.15) is 0 Å². The summed E-state index contributed by atoms with van der Waals surface area (Å²) in [6, 6.07) is 10.00. The van der Waals surface area contributed by atoms with Crippen molar-refractivity contribution in [3.63, 3.8) is 0 Å². The first-order valence-electron chi connectivity index (χ1n) is 4.93. The maximum absolute atomic E-state index is 11.1. The van der Waals surface area contributed by atoms with Gasteiger partial charge in [-0.1, -0.05) is 30.3 Å². The first-order chi connectivity index (χ1) is 6.93. The second-order valence-electron chi connectivity index (χ2n) is 4.01. The summed E-state index contributed by atoms with van der Waals surface area (Å²) in [6.07, 6.45) is 0. The van der Waals surface area contributed by atoms with E-state index in [1.807, 2.05) is 37.3 Å². The van der Waals surface area contributed by atoms with E-state index in [4.69, 9.17) is 0 Å². The van der Waals surface area contributed by atoms with E-state index in [9.17, 15) is 4.79 Å². The third kappa shape index (κ3) is 3.27. The summed E-state index contributed by atoms with van der Waals surface area (Å²) in [6.45, 7) is 4.19. The van der Waals surface area contributed by atoms with Gasteiger partial charge in [0.05, 0.1) is 4.75 Å². The Labute approximate surface area is 96.7 Å². The predicted molar refractivity (Wildman–Crippen MR) is 66.1 cm³/mol. The lowest BCUT2D eigenvalue weighted by Gasteiger charge is -2.29. The van der Waals surface area contributed by atoms with Crippen molar-refractivity contribution in [3.05, 3.63) is 35.9 Å². The Morgan fingerprint density at radius 2 is 1.93 bits per heavy atom. The predicted octanol–water partition coefficient (Wildman–Crippen LogP) is 2.31. The minimum atomic E-state index is -0.304. The van der Waals surface area contributed by atoms with Crippen LogP contribution in [0.5, 0.6) is 0 Å². The lowest BCUT2D eigenvalue weighted by Crippen LogP contribution is -2.35. The normalized spacial score (nSPS) is 14.4. The largest absolute Gasteiger partial charge is 0.344 e. The van der Waals surface area contributed by atoms with Crippen LogP contribution in [0.25, 0.3) is 0 Å². The molecular weight excluding hydrogens is 206 g/mol. The molecular formula is C12H17NOS. The van der Waals surface area contributed by atoms with Gasteiger partial charge < -0.3 is 4.90 Å². The van der Waals surface area contributed by atoms with Crippen molar-refractivity contribution in [2.45, 2.75) is 18.6 Å². The quantitative estimate of drug-likeness (QED) is 0.780. The number of amides is 1. The molecule has 1 unspecified atom stereocenters. The summed E-state index contributed by atoms with van der Waals surface area (Å²) in [5, 5.41) is 0. The van der Waals surface area contributed by atoms with E-state index in [2.05, 4.69) is 12.6 Å². The van der Waals surface area contributed by atoms with Crippen LogP contribution in [0.4, 0.5) is 0 Å². The highest BCUT2D eigenvalue weighted by Crippen LogP contribution is 2.28. The molecule has 0 bridgehead atoms. The average molecular weight is 223 g/mol. The molecule has 0 saturated carbocycles. The Hall–Kier alpha value is -0.960. The van der Waals surface area contributed by atoms with Crippen LogP contribution in [-0.2, 0) is 9.54 Å². The molecule has 15 heavy (non-hydrogen) atoms. The standard InChI is InChI=1S/C12H17NOS/c1-10(14)13(3)9-12(2,15)11-7-5-4-6-8-11/h4-8,15H,9H2,1-3H3. The molecule has 0 heterocycles. The molecule has 0 radical (unpaired) electrons. The van der Waals surface area contributed by atoms with Crippen LogP contribution < -0.4 is 0 Å². The molecule has 0 saturated heterocycles. The van der Waals surface area contributed by atoms with E-state index in [0.717, 1.165) is 5.56 Å². The van der Waals surface area contributed by atoms with Crippen molar-refractivity contribution in [1.82, 2.24) is 4.90 Å². The van der Waals surface area contributed by atoms with Gasteiger partial charge in [0.2, 0.25) is 5.91 Å². The maximum Gasteiger partial charge on any atom is 0.219 e. The number of rotatable bonds is 3. The molecule has 1 rings (SSSR count). The van der Waals surface area contributed by atoms with E-state index in [1.54, 1.807) is 18.9 Å². The van der Waals surface area contributed by atoms with Crippen LogP contribution in [0.3, 0.4) is 0 Å². The van der Waals surface area contributed by atoms with Crippen molar-refractivity contribution >= 4 is 18.5 Å². The first kappa shape index (κ1) is 12.1. The number of benzene rings is 1. The average Bonchev–Trinajstić information content (AvgIpc) is 2.18. The van der Waals surface area contributed by atoms with E-state index >= 15 is 0 Å². The van der Waals surface area contributed by atoms with Crippen LogP contribution >= 0.6 is 12.6 Å². The van der Waals surface area contributed by atoms with E-state index < -0.39 is 0 Å². The maximum atomic E-state index is 11.1. The SMILES string of the molecule is CC(=O)N(C)CC(C)(S)c1ccccc1. The molecule has 0 spiro atoms. The molecule has 3 heteroatoms. The zero-order valence-electron chi connectivity index (χ0n) is 9.40. The first-order valence-corrected chi connectivity index (χ1v) is 5.38. The third-order valence-corrected chi connectivity index (χ3v) is 2.88. The Morgan fingerprint density at radius 1 is 1.40 bits per heavy atom. The van der Waals surface area contributed by atoms with Crippen LogP contribution in [0.1, 0.15) is 19.4 Å². The van der Waals surface area contributed by atoms with Gasteiger partial charge in [-0.05, 0) is 12.5 Å². The minimum Gasteiger partial charge on any atom is -0.344 e. The van der Waals surface area contributed by atoms with Crippen LogP contribution in [-0.4, -0.2) is 24.4 Å². The van der Waals surface area contributed by atoms with Crippen molar-refractivity contribution in [1.29, 1.82) is 0 Å². The lowest BCUT2D eigenvalue weighted by molar-refractivity contribution is -0.127. The number of hydrogen-bond donors (Lipinski definition) is 1. The van der Waals surface area contributed by atoms with E-state index in [0.29, 0.717) is 6.54 Å². The van der Waals surface area contributed by atoms with Crippen LogP contribution in [0.15, 0.2) is 30.3 Å². The molecule has 1 aromatic rings. The molecule has 1 aromatic carbocycles. The number of likely N-dealkylation sites (N-methyl/N-ethyl adjacent to an activating group) is 1. The summed E-state index contributed by atoms with van der Waals surface area (Å²) < 4.78 is -0.304. The summed E-state index contributed by atoms with van der Waals surface area (Å²) in [5.74, 6) is 0.0613. The second kappa shape index (κ2) is 4.71. The molecule has 0 aliphatic rings. The van der Waals surface area contributed by atoms with Gasteiger partial charge in [-0.15, -0.1) is 0 Å². The highest BCUT2D eigenvalue weighted by molar-refractivity contribution is 7.81. The topological polar surface area (TPSA) is 20.3 Å². The number of carbonyl (C=O) groups excluding carboxylic acids is 1. The molecule has 1 atom stereocenters. The molecule has 0 fully saturated rings. The summed E-state index contributed by atoms with van der Waals surface area (Å²) in [5.41, 5.74) is 1.13. The number of thiol groups is 1. The Kier molecular flexibility index (Phi) is 3.80. The van der Waals surface area contributed by atoms with Crippen molar-refractivity contribution in [3.8, 4) is 0 Å². The van der Waals surface area contributed by atoms with Gasteiger partial charge in [-0.3, -0.25) is 4.79 Å². The van der Waals surface area contributed by atoms with Gasteiger partial charge in [-0.25, -0.2) is 0 Å². The van der Waals surface area contributed by atoms with Gasteiger partial charge in [0.15, 0.2) is 0 Å². The van der Waals surface area contributed by atoms with Gasteiger partial charge in [0.25, 0.3) is 0 Å². The minimum absolute atomic E-state index is 0.0613. The smallest absolute Gasteiger partial charge is 0.219 e. The molecule has 82 valence electrons. The summed E-state index contributed by atoms with van der Waals surface area (Å²) in [4.78, 5) is 12.8. The zero-order valence-corrected chi connectivity index (χ0v) is 10.3. The van der Waals surface area contributed by atoms with Crippen molar-refractivity contribution < 1.29 is 4.79 Å². The monoisotopic (exact) mass is 223 g/mol. The number of nitrogens with zero attached hydrogens (tertiary/aromatic N) is 1. The van der Waals surface area contributed by atoms with Crippen LogP contribution in [0, 0.1) is 0 Å². The van der Waals surface area contributed by atoms with E-state index in [1.165, 1.54) is 0 Å². The zero-order chi connectivity index (χ0) is 11.5. The Bertz CT molecular complexity index is 335. The number of carbonyl (C=O) groups is 1. The van der Waals surface area contributed by atoms with Crippen molar-refractivity contribution in [2.75, 3.05) is 13.6 Å². The van der Waals surface area contributed by atoms with Gasteiger partial charge in [0, 0.05) is 20.5 Å². The molecule has 0 N–H and O–H groups in total. The lowest BCUT2D eigenvalue weighted by atomic mass is 10.00. The van der Waals surface area contributed by atoms with E-state index in [-0.39, 0.29) is 10.7 Å². The Morgan fingerprint density at radius 3 is 2.40 bits per heavy atom. The van der Waals surface area contributed by atoms with Crippen LogP contribution in [0.2, 0.25) is 0 Å². The number of hydrogen-bond acceptors (Lipinski definition) is 2. The molecule has 2 nitrogen and oxygen atoms in total. The van der Waals surface area contributed by atoms with Gasteiger partial charge >= 0.3 is 0 Å². The van der Waals surface area contributed by atoms with Gasteiger partial charge in [-0.2, -0.15) is 12.6 Å².